The zero-order chi connectivity index (χ0) is 14.8. The Morgan fingerprint density at radius 1 is 1.25 bits per heavy atom. The van der Waals surface area contributed by atoms with Gasteiger partial charge in [-0.05, 0) is 37.4 Å². The Kier molecular flexibility index (Phi) is 4.80. The molecule has 0 fully saturated rings. The normalized spacial score (nSPS) is 16.2. The van der Waals surface area contributed by atoms with Crippen molar-refractivity contribution in [1.29, 1.82) is 0 Å². The predicted octanol–water partition coefficient (Wildman–Crippen LogP) is 3.12. The molecule has 0 atom stereocenters. The maximum Gasteiger partial charge on any atom is 0.293 e. The van der Waals surface area contributed by atoms with Crippen LogP contribution in [0.25, 0.3) is 5.57 Å². The van der Waals surface area contributed by atoms with E-state index in [2.05, 4.69) is 9.97 Å². The summed E-state index contributed by atoms with van der Waals surface area (Å²) in [5.74, 6) is 0. The molecule has 2 rings (SSSR count). The van der Waals surface area contributed by atoms with Gasteiger partial charge in [0.05, 0.1) is 11.5 Å². The molecule has 1 aromatic rings. The summed E-state index contributed by atoms with van der Waals surface area (Å²) in [7, 11) is -3.78. The Labute approximate surface area is 127 Å². The number of hydrogen-bond donors (Lipinski definition) is 0. The molecule has 0 radical (unpaired) electrons. The van der Waals surface area contributed by atoms with Crippen LogP contribution < -0.4 is 0 Å². The fourth-order valence-corrected chi connectivity index (χ4v) is 3.41. The van der Waals surface area contributed by atoms with Gasteiger partial charge >= 0.3 is 0 Å². The summed E-state index contributed by atoms with van der Waals surface area (Å²) in [6.45, 7) is 1.70. The van der Waals surface area contributed by atoms with E-state index in [4.69, 9.17) is 27.4 Å². The molecule has 1 heterocycles. The molecule has 20 heavy (non-hydrogen) atoms. The molecule has 1 aromatic heterocycles. The average Bonchev–Trinajstić information content (AvgIpc) is 2.39. The molecule has 0 aromatic carbocycles. The Hall–Kier alpha value is -0.950. The number of halogens is 2. The molecule has 5 nitrogen and oxygen atoms in total. The molecule has 0 unspecified atom stereocenters. The lowest BCUT2D eigenvalue weighted by Gasteiger charge is -2.17. The largest absolute Gasteiger partial charge is 0.293 e. The molecule has 0 saturated heterocycles. The first kappa shape index (κ1) is 15.4. The van der Waals surface area contributed by atoms with Gasteiger partial charge in [-0.2, -0.15) is 8.42 Å². The summed E-state index contributed by atoms with van der Waals surface area (Å²) >= 11 is 11.6. The van der Waals surface area contributed by atoms with Gasteiger partial charge in [0.1, 0.15) is 0 Å². The smallest absolute Gasteiger partial charge is 0.267 e. The summed E-state index contributed by atoms with van der Waals surface area (Å²) < 4.78 is 29.1. The van der Waals surface area contributed by atoms with Gasteiger partial charge in [0.2, 0.25) is 5.28 Å². The summed E-state index contributed by atoms with van der Waals surface area (Å²) in [6, 6.07) is 0. The Bertz CT molecular complexity index is 666. The fraction of sp³-hybridized carbons (Fsp3) is 0.333. The monoisotopic (exact) mass is 334 g/mol. The third-order valence-corrected chi connectivity index (χ3v) is 4.77. The molecule has 1 aliphatic rings. The van der Waals surface area contributed by atoms with Crippen LogP contribution in [-0.2, 0) is 14.3 Å². The van der Waals surface area contributed by atoms with E-state index < -0.39 is 10.1 Å². The summed E-state index contributed by atoms with van der Waals surface area (Å²) in [5, 5.41) is 0.667. The Morgan fingerprint density at radius 3 is 2.50 bits per heavy atom. The Balaban J connectivity index is 2.57. The van der Waals surface area contributed by atoms with Crippen LogP contribution in [0.15, 0.2) is 28.4 Å². The lowest BCUT2D eigenvalue weighted by molar-refractivity contribution is 0.342. The second-order valence-electron chi connectivity index (χ2n) is 4.03. The molecular weight excluding hydrogens is 323 g/mol. The number of allylic oxidation sites excluding steroid dienone is 4. The van der Waals surface area contributed by atoms with Gasteiger partial charge in [-0.25, -0.2) is 9.97 Å². The van der Waals surface area contributed by atoms with Crippen molar-refractivity contribution in [2.45, 2.75) is 19.8 Å². The molecular formula is C12H12Cl2N2O3S. The zero-order valence-electron chi connectivity index (χ0n) is 10.6. The van der Waals surface area contributed by atoms with Crippen molar-refractivity contribution in [3.8, 4) is 0 Å². The third kappa shape index (κ3) is 3.38. The van der Waals surface area contributed by atoms with Gasteiger partial charge in [0.25, 0.3) is 10.1 Å². The number of nitrogens with zero attached hydrogens (tertiary/aromatic N) is 2. The molecule has 8 heteroatoms. The zero-order valence-corrected chi connectivity index (χ0v) is 13.0. The average molecular weight is 335 g/mol. The first-order chi connectivity index (χ1) is 9.44. The topological polar surface area (TPSA) is 69.2 Å². The van der Waals surface area contributed by atoms with E-state index in [0.29, 0.717) is 22.6 Å². The van der Waals surface area contributed by atoms with E-state index in [1.165, 1.54) is 12.4 Å². The second kappa shape index (κ2) is 6.22. The van der Waals surface area contributed by atoms with Crippen molar-refractivity contribution in [3.05, 3.63) is 39.3 Å². The van der Waals surface area contributed by atoms with E-state index >= 15 is 0 Å². The molecule has 0 N–H and O–H groups in total. The van der Waals surface area contributed by atoms with Crippen LogP contribution in [0.1, 0.15) is 25.3 Å². The summed E-state index contributed by atoms with van der Waals surface area (Å²) in [4.78, 5) is 7.90. The molecule has 0 saturated carbocycles. The van der Waals surface area contributed by atoms with Crippen LogP contribution in [0, 0.1) is 0 Å². The highest BCUT2D eigenvalue weighted by atomic mass is 35.5. The highest BCUT2D eigenvalue weighted by Gasteiger charge is 2.26. The van der Waals surface area contributed by atoms with Crippen LogP contribution in [-0.4, -0.2) is 25.0 Å². The quantitative estimate of drug-likeness (QED) is 0.625. The third-order valence-electron chi connectivity index (χ3n) is 2.70. The van der Waals surface area contributed by atoms with E-state index in [1.807, 2.05) is 0 Å². The summed E-state index contributed by atoms with van der Waals surface area (Å²) in [5.41, 5.74) is 0.983. The number of hydrogen-bond acceptors (Lipinski definition) is 5. The van der Waals surface area contributed by atoms with Gasteiger partial charge in [-0.1, -0.05) is 11.6 Å². The molecule has 1 aliphatic carbocycles. The van der Waals surface area contributed by atoms with Crippen LogP contribution in [0.4, 0.5) is 0 Å². The van der Waals surface area contributed by atoms with Crippen LogP contribution in [0.5, 0.6) is 0 Å². The van der Waals surface area contributed by atoms with E-state index in [-0.39, 0.29) is 23.2 Å². The minimum atomic E-state index is -3.78. The first-order valence-corrected chi connectivity index (χ1v) is 8.07. The summed E-state index contributed by atoms with van der Waals surface area (Å²) in [6.07, 6.45) is 5.26. The number of aromatic nitrogens is 2. The maximum absolute atomic E-state index is 12.1. The van der Waals surface area contributed by atoms with E-state index in [0.717, 1.165) is 0 Å². The van der Waals surface area contributed by atoms with Gasteiger partial charge in [0, 0.05) is 28.6 Å². The number of rotatable bonds is 4. The van der Waals surface area contributed by atoms with Crippen molar-refractivity contribution < 1.29 is 12.6 Å². The maximum atomic E-state index is 12.1. The van der Waals surface area contributed by atoms with Crippen molar-refractivity contribution in [3.63, 3.8) is 0 Å². The highest BCUT2D eigenvalue weighted by Crippen LogP contribution is 2.35. The van der Waals surface area contributed by atoms with Crippen molar-refractivity contribution in [2.24, 2.45) is 0 Å². The van der Waals surface area contributed by atoms with Crippen LogP contribution in [0.3, 0.4) is 0 Å². The van der Waals surface area contributed by atoms with Crippen molar-refractivity contribution in [1.82, 2.24) is 9.97 Å². The van der Waals surface area contributed by atoms with Gasteiger partial charge in [-0.3, -0.25) is 4.18 Å². The van der Waals surface area contributed by atoms with Crippen molar-refractivity contribution >= 4 is 38.9 Å². The van der Waals surface area contributed by atoms with Gasteiger partial charge in [0.15, 0.2) is 0 Å². The van der Waals surface area contributed by atoms with Gasteiger partial charge < -0.3 is 0 Å². The highest BCUT2D eigenvalue weighted by molar-refractivity contribution is 7.90. The molecule has 0 spiro atoms. The lowest BCUT2D eigenvalue weighted by Crippen LogP contribution is -2.12. The Morgan fingerprint density at radius 2 is 1.90 bits per heavy atom. The van der Waals surface area contributed by atoms with E-state index in [1.54, 1.807) is 13.0 Å². The molecule has 0 amide bonds. The second-order valence-corrected chi connectivity index (χ2v) is 6.49. The standard InChI is InChI=1S/C12H12Cl2N2O3S/c1-2-19-20(17,18)11-4-3-9(13)5-10(11)8-6-15-12(14)16-7-8/h5-7H,2-4H2,1H3. The van der Waals surface area contributed by atoms with Crippen LogP contribution in [0.2, 0.25) is 5.28 Å². The van der Waals surface area contributed by atoms with Crippen LogP contribution >= 0.6 is 23.2 Å². The van der Waals surface area contributed by atoms with E-state index in [9.17, 15) is 8.42 Å². The first-order valence-electron chi connectivity index (χ1n) is 5.90. The SMILES string of the molecule is CCOS(=O)(=O)C1=C(c2cnc(Cl)nc2)C=C(Cl)CC1. The minimum Gasteiger partial charge on any atom is -0.267 e. The van der Waals surface area contributed by atoms with Crippen molar-refractivity contribution in [2.75, 3.05) is 6.61 Å². The van der Waals surface area contributed by atoms with Gasteiger partial charge in [-0.15, -0.1) is 0 Å². The molecule has 0 aliphatic heterocycles. The lowest BCUT2D eigenvalue weighted by atomic mass is 10.0. The minimum absolute atomic E-state index is 0.0771. The molecule has 0 bridgehead atoms. The predicted molar refractivity (Wildman–Crippen MR) is 77.7 cm³/mol. The fourth-order valence-electron chi connectivity index (χ4n) is 1.86. The molecule has 108 valence electrons.